The Kier molecular flexibility index (Phi) is 7.14. The van der Waals surface area contributed by atoms with Crippen molar-refractivity contribution in [1.29, 1.82) is 0 Å². The van der Waals surface area contributed by atoms with Crippen molar-refractivity contribution in [3.8, 4) is 0 Å². The molecule has 128 valence electrons. The number of hydrogen-bond acceptors (Lipinski definition) is 2. The molecule has 5 heteroatoms. The fourth-order valence-electron chi connectivity index (χ4n) is 3.04. The molecule has 1 saturated carbocycles. The molecule has 0 bridgehead atoms. The van der Waals surface area contributed by atoms with Crippen molar-refractivity contribution in [2.24, 2.45) is 10.9 Å². The molecule has 1 heterocycles. The van der Waals surface area contributed by atoms with E-state index in [1.807, 2.05) is 7.05 Å². The number of halogens is 1. The van der Waals surface area contributed by atoms with Gasteiger partial charge in [0.1, 0.15) is 0 Å². The van der Waals surface area contributed by atoms with Gasteiger partial charge in [0.15, 0.2) is 5.96 Å². The molecule has 1 aliphatic heterocycles. The molecule has 0 aromatic heterocycles. The largest absolute Gasteiger partial charge is 0.353 e. The summed E-state index contributed by atoms with van der Waals surface area (Å²) in [6.45, 7) is 6.70. The zero-order valence-corrected chi connectivity index (χ0v) is 16.5. The average molecular weight is 428 g/mol. The number of guanidine groups is 1. The molecule has 2 unspecified atom stereocenters. The summed E-state index contributed by atoms with van der Waals surface area (Å²) in [6, 6.07) is 9.58. The van der Waals surface area contributed by atoms with Crippen LogP contribution in [0.25, 0.3) is 0 Å². The summed E-state index contributed by atoms with van der Waals surface area (Å²) >= 11 is 0. The summed E-state index contributed by atoms with van der Waals surface area (Å²) in [5, 5.41) is 6.85. The molecule has 1 aliphatic carbocycles. The standard InChI is InChI=1S/C18H28N4.HI/c1-14-11-17(14)21-18(19-2)20-12-15-5-7-16(8-6-15)13-22-9-3-4-10-22;/h5-8,14,17H,3-4,9-13H2,1-2H3,(H2,19,20,21);1H. The molecule has 2 fully saturated rings. The molecule has 3 rings (SSSR count). The summed E-state index contributed by atoms with van der Waals surface area (Å²) in [7, 11) is 1.83. The van der Waals surface area contributed by atoms with Crippen molar-refractivity contribution in [1.82, 2.24) is 15.5 Å². The van der Waals surface area contributed by atoms with Gasteiger partial charge in [0.25, 0.3) is 0 Å². The number of nitrogens with zero attached hydrogens (tertiary/aromatic N) is 2. The highest BCUT2D eigenvalue weighted by Crippen LogP contribution is 2.28. The van der Waals surface area contributed by atoms with Crippen molar-refractivity contribution < 1.29 is 0 Å². The topological polar surface area (TPSA) is 39.7 Å². The van der Waals surface area contributed by atoms with Crippen LogP contribution in [0.2, 0.25) is 0 Å². The van der Waals surface area contributed by atoms with E-state index in [9.17, 15) is 0 Å². The highest BCUT2D eigenvalue weighted by atomic mass is 127. The minimum absolute atomic E-state index is 0. The van der Waals surface area contributed by atoms with Crippen molar-refractivity contribution in [2.75, 3.05) is 20.1 Å². The summed E-state index contributed by atoms with van der Waals surface area (Å²) < 4.78 is 0. The van der Waals surface area contributed by atoms with Gasteiger partial charge in [-0.05, 0) is 49.4 Å². The van der Waals surface area contributed by atoms with Gasteiger partial charge in [-0.3, -0.25) is 9.89 Å². The first-order chi connectivity index (χ1) is 10.7. The zero-order valence-electron chi connectivity index (χ0n) is 14.2. The van der Waals surface area contributed by atoms with Crippen LogP contribution in [0.4, 0.5) is 0 Å². The van der Waals surface area contributed by atoms with Gasteiger partial charge in [-0.15, -0.1) is 24.0 Å². The molecule has 2 N–H and O–H groups in total. The Morgan fingerprint density at radius 1 is 1.17 bits per heavy atom. The summed E-state index contributed by atoms with van der Waals surface area (Å²) in [4.78, 5) is 6.83. The van der Waals surface area contributed by atoms with E-state index in [0.29, 0.717) is 6.04 Å². The van der Waals surface area contributed by atoms with Gasteiger partial charge in [-0.25, -0.2) is 0 Å². The Hall–Kier alpha value is -0.820. The van der Waals surface area contributed by atoms with Crippen molar-refractivity contribution in [3.63, 3.8) is 0 Å². The molecule has 1 saturated heterocycles. The number of aliphatic imine (C=N–C) groups is 1. The molecule has 0 spiro atoms. The van der Waals surface area contributed by atoms with Gasteiger partial charge in [-0.1, -0.05) is 31.2 Å². The van der Waals surface area contributed by atoms with Crippen LogP contribution in [0.5, 0.6) is 0 Å². The quantitative estimate of drug-likeness (QED) is 0.431. The van der Waals surface area contributed by atoms with Gasteiger partial charge in [0.05, 0.1) is 0 Å². The highest BCUT2D eigenvalue weighted by molar-refractivity contribution is 14.0. The maximum Gasteiger partial charge on any atom is 0.191 e. The van der Waals surface area contributed by atoms with Crippen LogP contribution in [0.15, 0.2) is 29.3 Å². The van der Waals surface area contributed by atoms with Crippen molar-refractivity contribution in [3.05, 3.63) is 35.4 Å². The van der Waals surface area contributed by atoms with Crippen LogP contribution in [0.1, 0.15) is 37.3 Å². The molecule has 4 nitrogen and oxygen atoms in total. The molecule has 0 radical (unpaired) electrons. The van der Waals surface area contributed by atoms with E-state index in [0.717, 1.165) is 25.0 Å². The second kappa shape index (κ2) is 8.87. The normalized spacial score (nSPS) is 24.2. The van der Waals surface area contributed by atoms with E-state index < -0.39 is 0 Å². The minimum Gasteiger partial charge on any atom is -0.353 e. The van der Waals surface area contributed by atoms with E-state index in [-0.39, 0.29) is 24.0 Å². The van der Waals surface area contributed by atoms with Crippen LogP contribution in [-0.4, -0.2) is 37.0 Å². The predicted molar refractivity (Wildman–Crippen MR) is 107 cm³/mol. The van der Waals surface area contributed by atoms with E-state index in [2.05, 4.69) is 51.7 Å². The smallest absolute Gasteiger partial charge is 0.191 e. The minimum atomic E-state index is 0. The number of hydrogen-bond donors (Lipinski definition) is 2. The lowest BCUT2D eigenvalue weighted by Crippen LogP contribution is -2.38. The van der Waals surface area contributed by atoms with Gasteiger partial charge in [-0.2, -0.15) is 0 Å². The van der Waals surface area contributed by atoms with Crippen LogP contribution < -0.4 is 10.6 Å². The molecule has 2 atom stereocenters. The first kappa shape index (κ1) is 18.5. The number of rotatable bonds is 5. The fourth-order valence-corrected chi connectivity index (χ4v) is 3.04. The van der Waals surface area contributed by atoms with Crippen LogP contribution in [-0.2, 0) is 13.1 Å². The number of benzene rings is 1. The van der Waals surface area contributed by atoms with Gasteiger partial charge in [0, 0.05) is 26.2 Å². The highest BCUT2D eigenvalue weighted by Gasteiger charge is 2.33. The Bertz CT molecular complexity index is 508. The lowest BCUT2D eigenvalue weighted by atomic mass is 10.1. The maximum absolute atomic E-state index is 4.29. The van der Waals surface area contributed by atoms with E-state index in [1.165, 1.54) is 43.5 Å². The lowest BCUT2D eigenvalue weighted by Gasteiger charge is -2.15. The zero-order chi connectivity index (χ0) is 15.4. The average Bonchev–Trinajstić information content (AvgIpc) is 3.00. The van der Waals surface area contributed by atoms with Gasteiger partial charge < -0.3 is 10.6 Å². The first-order valence-corrected chi connectivity index (χ1v) is 8.52. The van der Waals surface area contributed by atoms with Crippen molar-refractivity contribution in [2.45, 2.75) is 45.3 Å². The van der Waals surface area contributed by atoms with Crippen molar-refractivity contribution >= 4 is 29.9 Å². The van der Waals surface area contributed by atoms with Crippen LogP contribution >= 0.6 is 24.0 Å². The Labute approximate surface area is 157 Å². The SMILES string of the molecule is CN=C(NCc1ccc(CN2CCCC2)cc1)NC1CC1C.I. The Morgan fingerprint density at radius 3 is 2.35 bits per heavy atom. The lowest BCUT2D eigenvalue weighted by molar-refractivity contribution is 0.331. The summed E-state index contributed by atoms with van der Waals surface area (Å²) in [5.74, 6) is 1.69. The summed E-state index contributed by atoms with van der Waals surface area (Å²) in [5.41, 5.74) is 2.72. The third-order valence-corrected chi connectivity index (χ3v) is 4.74. The first-order valence-electron chi connectivity index (χ1n) is 8.52. The molecule has 23 heavy (non-hydrogen) atoms. The molecule has 1 aromatic carbocycles. The fraction of sp³-hybridized carbons (Fsp3) is 0.611. The third kappa shape index (κ3) is 5.64. The molecular formula is C18H29IN4. The van der Waals surface area contributed by atoms with Crippen LogP contribution in [0, 0.1) is 5.92 Å². The molecule has 0 amide bonds. The maximum atomic E-state index is 4.29. The molecule has 1 aromatic rings. The number of nitrogens with one attached hydrogen (secondary N) is 2. The molecule has 2 aliphatic rings. The second-order valence-electron chi connectivity index (χ2n) is 6.69. The summed E-state index contributed by atoms with van der Waals surface area (Å²) in [6.07, 6.45) is 3.97. The van der Waals surface area contributed by atoms with E-state index in [4.69, 9.17) is 0 Å². The van der Waals surface area contributed by atoms with E-state index in [1.54, 1.807) is 0 Å². The third-order valence-electron chi connectivity index (χ3n) is 4.74. The molecular weight excluding hydrogens is 399 g/mol. The Morgan fingerprint density at radius 2 is 1.78 bits per heavy atom. The van der Waals surface area contributed by atoms with E-state index >= 15 is 0 Å². The van der Waals surface area contributed by atoms with Crippen LogP contribution in [0.3, 0.4) is 0 Å². The number of likely N-dealkylation sites (tertiary alicyclic amines) is 1. The predicted octanol–water partition coefficient (Wildman–Crippen LogP) is 2.97. The second-order valence-corrected chi connectivity index (χ2v) is 6.69. The Balaban J connectivity index is 0.00000192. The van der Waals surface area contributed by atoms with Gasteiger partial charge in [0.2, 0.25) is 0 Å². The van der Waals surface area contributed by atoms with Gasteiger partial charge >= 0.3 is 0 Å². The monoisotopic (exact) mass is 428 g/mol.